The number of amides is 2. The number of rotatable bonds is 4. The van der Waals surface area contributed by atoms with Crippen LogP contribution in [0, 0.1) is 5.92 Å². The van der Waals surface area contributed by atoms with Crippen LogP contribution in [0.5, 0.6) is 0 Å². The van der Waals surface area contributed by atoms with Crippen LogP contribution in [0.15, 0.2) is 24.5 Å². The Morgan fingerprint density at radius 2 is 2.35 bits per heavy atom. The molecule has 0 radical (unpaired) electrons. The van der Waals surface area contributed by atoms with E-state index < -0.39 is 0 Å². The van der Waals surface area contributed by atoms with Gasteiger partial charge in [-0.1, -0.05) is 19.9 Å². The predicted octanol–water partition coefficient (Wildman–Crippen LogP) is 0.997. The Hall–Kier alpha value is -1.91. The van der Waals surface area contributed by atoms with Gasteiger partial charge in [0.15, 0.2) is 0 Å². The summed E-state index contributed by atoms with van der Waals surface area (Å²) in [5, 5.41) is 2.84. The highest BCUT2D eigenvalue weighted by atomic mass is 16.2. The monoisotopic (exact) mass is 275 g/mol. The van der Waals surface area contributed by atoms with Crippen molar-refractivity contribution in [2.75, 3.05) is 13.1 Å². The van der Waals surface area contributed by atoms with Crippen LogP contribution in [0.3, 0.4) is 0 Å². The van der Waals surface area contributed by atoms with Crippen molar-refractivity contribution in [2.24, 2.45) is 5.92 Å². The first-order valence-electron chi connectivity index (χ1n) is 7.04. The molecule has 1 atom stereocenters. The zero-order chi connectivity index (χ0) is 14.5. The van der Waals surface area contributed by atoms with Gasteiger partial charge in [-0.3, -0.25) is 14.6 Å². The fourth-order valence-corrected chi connectivity index (χ4v) is 2.47. The maximum atomic E-state index is 12.4. The summed E-state index contributed by atoms with van der Waals surface area (Å²) in [4.78, 5) is 30.1. The smallest absolute Gasteiger partial charge is 0.242 e. The second-order valence-corrected chi connectivity index (χ2v) is 5.56. The lowest BCUT2D eigenvalue weighted by Crippen LogP contribution is -2.57. The molecule has 0 spiro atoms. The fraction of sp³-hybridized carbons (Fsp3) is 0.533. The van der Waals surface area contributed by atoms with E-state index >= 15 is 0 Å². The van der Waals surface area contributed by atoms with E-state index in [1.54, 1.807) is 17.3 Å². The molecule has 2 rings (SSSR count). The van der Waals surface area contributed by atoms with Gasteiger partial charge in [0.05, 0.1) is 6.42 Å². The zero-order valence-electron chi connectivity index (χ0n) is 12.0. The highest BCUT2D eigenvalue weighted by Gasteiger charge is 2.33. The Kier molecular flexibility index (Phi) is 4.71. The molecule has 0 saturated carbocycles. The van der Waals surface area contributed by atoms with Crippen molar-refractivity contribution in [1.82, 2.24) is 15.2 Å². The summed E-state index contributed by atoms with van der Waals surface area (Å²) in [6.45, 7) is 5.24. The molecule has 0 aliphatic carbocycles. The number of nitrogens with zero attached hydrogens (tertiary/aromatic N) is 2. The van der Waals surface area contributed by atoms with Gasteiger partial charge in [0.25, 0.3) is 0 Å². The van der Waals surface area contributed by atoms with Crippen LogP contribution >= 0.6 is 0 Å². The maximum absolute atomic E-state index is 12.4. The standard InChI is InChI=1S/C15H21N3O2/c1-11(2)8-13-15(20)17-6-7-18(13)14(19)9-12-4-3-5-16-10-12/h3-5,10-11,13H,6-9H2,1-2H3,(H,17,20). The second-order valence-electron chi connectivity index (χ2n) is 5.56. The highest BCUT2D eigenvalue weighted by molar-refractivity contribution is 5.89. The molecule has 1 aliphatic rings. The Bertz CT molecular complexity index is 473. The summed E-state index contributed by atoms with van der Waals surface area (Å²) in [6.07, 6.45) is 4.38. The van der Waals surface area contributed by atoms with Crippen LogP contribution in [0.4, 0.5) is 0 Å². The number of carbonyl (C=O) groups is 2. The molecule has 0 aromatic carbocycles. The third-order valence-electron chi connectivity index (χ3n) is 3.42. The summed E-state index contributed by atoms with van der Waals surface area (Å²) in [6, 6.07) is 3.36. The topological polar surface area (TPSA) is 62.3 Å². The molecule has 1 N–H and O–H groups in total. The number of nitrogens with one attached hydrogen (secondary N) is 1. The van der Waals surface area contributed by atoms with Crippen LogP contribution < -0.4 is 5.32 Å². The molecule has 5 heteroatoms. The van der Waals surface area contributed by atoms with Crippen molar-refractivity contribution in [3.8, 4) is 0 Å². The normalized spacial score (nSPS) is 19.1. The number of piperazine rings is 1. The van der Waals surface area contributed by atoms with E-state index in [0.717, 1.165) is 5.56 Å². The minimum atomic E-state index is -0.340. The molecule has 5 nitrogen and oxygen atoms in total. The Morgan fingerprint density at radius 3 is 3.00 bits per heavy atom. The molecule has 2 heterocycles. The highest BCUT2D eigenvalue weighted by Crippen LogP contribution is 2.16. The van der Waals surface area contributed by atoms with Crippen LogP contribution in [0.2, 0.25) is 0 Å². The van der Waals surface area contributed by atoms with Crippen LogP contribution in [0.1, 0.15) is 25.8 Å². The van der Waals surface area contributed by atoms with E-state index in [1.165, 1.54) is 0 Å². The molecule has 1 aliphatic heterocycles. The quantitative estimate of drug-likeness (QED) is 0.891. The van der Waals surface area contributed by atoms with Crippen molar-refractivity contribution < 1.29 is 9.59 Å². The van der Waals surface area contributed by atoms with Crippen LogP contribution in [-0.4, -0.2) is 40.8 Å². The molecule has 0 bridgehead atoms. The average Bonchev–Trinajstić information content (AvgIpc) is 2.41. The van der Waals surface area contributed by atoms with E-state index in [0.29, 0.717) is 31.8 Å². The third kappa shape index (κ3) is 3.56. The first-order valence-corrected chi connectivity index (χ1v) is 7.04. The number of hydrogen-bond acceptors (Lipinski definition) is 3. The van der Waals surface area contributed by atoms with Gasteiger partial charge < -0.3 is 10.2 Å². The van der Waals surface area contributed by atoms with Crippen molar-refractivity contribution in [1.29, 1.82) is 0 Å². The molecular formula is C15H21N3O2. The zero-order valence-corrected chi connectivity index (χ0v) is 12.0. The number of aromatic nitrogens is 1. The summed E-state index contributed by atoms with van der Waals surface area (Å²) >= 11 is 0. The summed E-state index contributed by atoms with van der Waals surface area (Å²) in [5.41, 5.74) is 0.881. The number of hydrogen-bond donors (Lipinski definition) is 1. The van der Waals surface area contributed by atoms with Gasteiger partial charge in [0, 0.05) is 25.5 Å². The molecule has 1 saturated heterocycles. The van der Waals surface area contributed by atoms with Gasteiger partial charge in [-0.05, 0) is 24.0 Å². The van der Waals surface area contributed by atoms with E-state index in [1.807, 2.05) is 12.1 Å². The summed E-state index contributed by atoms with van der Waals surface area (Å²) in [5.74, 6) is 0.334. The van der Waals surface area contributed by atoms with Crippen molar-refractivity contribution in [2.45, 2.75) is 32.7 Å². The van der Waals surface area contributed by atoms with Crippen molar-refractivity contribution in [3.05, 3.63) is 30.1 Å². The van der Waals surface area contributed by atoms with Crippen LogP contribution in [0.25, 0.3) is 0 Å². The predicted molar refractivity (Wildman–Crippen MR) is 75.9 cm³/mol. The van der Waals surface area contributed by atoms with Gasteiger partial charge in [-0.15, -0.1) is 0 Å². The average molecular weight is 275 g/mol. The first-order chi connectivity index (χ1) is 9.58. The second kappa shape index (κ2) is 6.50. The summed E-state index contributed by atoms with van der Waals surface area (Å²) in [7, 11) is 0. The minimum absolute atomic E-state index is 0.00139. The molecule has 1 unspecified atom stereocenters. The number of carbonyl (C=O) groups excluding carboxylic acids is 2. The Balaban J connectivity index is 2.07. The van der Waals surface area contributed by atoms with E-state index in [2.05, 4.69) is 24.1 Å². The van der Waals surface area contributed by atoms with Gasteiger partial charge in [0.1, 0.15) is 6.04 Å². The van der Waals surface area contributed by atoms with E-state index in [9.17, 15) is 9.59 Å². The van der Waals surface area contributed by atoms with E-state index in [-0.39, 0.29) is 17.9 Å². The van der Waals surface area contributed by atoms with Gasteiger partial charge in [-0.25, -0.2) is 0 Å². The molecule has 1 aromatic rings. The van der Waals surface area contributed by atoms with E-state index in [4.69, 9.17) is 0 Å². The Labute approximate surface area is 119 Å². The lowest BCUT2D eigenvalue weighted by Gasteiger charge is -2.36. The fourth-order valence-electron chi connectivity index (χ4n) is 2.47. The third-order valence-corrected chi connectivity index (χ3v) is 3.42. The Morgan fingerprint density at radius 1 is 1.55 bits per heavy atom. The SMILES string of the molecule is CC(C)CC1C(=O)NCCN1C(=O)Cc1cccnc1. The molecule has 2 amide bonds. The van der Waals surface area contributed by atoms with Gasteiger partial charge in [-0.2, -0.15) is 0 Å². The molecule has 1 aromatic heterocycles. The van der Waals surface area contributed by atoms with Crippen molar-refractivity contribution in [3.63, 3.8) is 0 Å². The molecule has 1 fully saturated rings. The minimum Gasteiger partial charge on any atom is -0.353 e. The van der Waals surface area contributed by atoms with Gasteiger partial charge in [0.2, 0.25) is 11.8 Å². The summed E-state index contributed by atoms with van der Waals surface area (Å²) < 4.78 is 0. The largest absolute Gasteiger partial charge is 0.353 e. The lowest BCUT2D eigenvalue weighted by atomic mass is 9.99. The van der Waals surface area contributed by atoms with Crippen molar-refractivity contribution >= 4 is 11.8 Å². The number of pyridine rings is 1. The molecule has 20 heavy (non-hydrogen) atoms. The maximum Gasteiger partial charge on any atom is 0.242 e. The van der Waals surface area contributed by atoms with Crippen LogP contribution in [-0.2, 0) is 16.0 Å². The molecule has 108 valence electrons. The lowest BCUT2D eigenvalue weighted by molar-refractivity contribution is -0.143. The molecular weight excluding hydrogens is 254 g/mol. The first kappa shape index (κ1) is 14.5. The van der Waals surface area contributed by atoms with Gasteiger partial charge >= 0.3 is 0 Å².